The quantitative estimate of drug-likeness (QED) is 0.821. The molecular weight excluding hydrogens is 208 g/mol. The van der Waals surface area contributed by atoms with Crippen molar-refractivity contribution in [2.75, 3.05) is 5.32 Å². The number of hydrogen-bond donors (Lipinski definition) is 2. The molecule has 0 aliphatic heterocycles. The van der Waals surface area contributed by atoms with Gasteiger partial charge in [0.05, 0.1) is 5.69 Å². The average Bonchev–Trinajstić information content (AvgIpc) is 2.76. The Morgan fingerprint density at radius 3 is 3.07 bits per heavy atom. The van der Waals surface area contributed by atoms with Crippen LogP contribution in [0.1, 0.15) is 11.3 Å². The van der Waals surface area contributed by atoms with E-state index in [2.05, 4.69) is 15.3 Å². The number of nitrogens with zero attached hydrogens (tertiary/aromatic N) is 2. The van der Waals surface area contributed by atoms with E-state index in [1.54, 1.807) is 17.5 Å². The molecular formula is C10H12N4S. The Morgan fingerprint density at radius 1 is 1.47 bits per heavy atom. The van der Waals surface area contributed by atoms with Crippen molar-refractivity contribution in [3.8, 4) is 0 Å². The van der Waals surface area contributed by atoms with E-state index >= 15 is 0 Å². The Morgan fingerprint density at radius 2 is 2.40 bits per heavy atom. The molecule has 2 rings (SSSR count). The van der Waals surface area contributed by atoms with Gasteiger partial charge in [-0.15, -0.1) is 11.3 Å². The fraction of sp³-hybridized carbons (Fsp3) is 0.200. The molecule has 2 aromatic heterocycles. The van der Waals surface area contributed by atoms with Gasteiger partial charge in [0.2, 0.25) is 0 Å². The van der Waals surface area contributed by atoms with Gasteiger partial charge in [0.1, 0.15) is 0 Å². The molecule has 0 saturated heterocycles. The maximum absolute atomic E-state index is 5.48. The van der Waals surface area contributed by atoms with Crippen molar-refractivity contribution in [3.63, 3.8) is 0 Å². The van der Waals surface area contributed by atoms with Crippen molar-refractivity contribution < 1.29 is 0 Å². The number of hydrogen-bond acceptors (Lipinski definition) is 5. The smallest absolute Gasteiger partial charge is 0.183 e. The second kappa shape index (κ2) is 4.86. The van der Waals surface area contributed by atoms with E-state index in [-0.39, 0.29) is 0 Å². The van der Waals surface area contributed by atoms with Gasteiger partial charge in [0.25, 0.3) is 0 Å². The minimum Gasteiger partial charge on any atom is -0.357 e. The summed E-state index contributed by atoms with van der Waals surface area (Å²) >= 11 is 1.57. The summed E-state index contributed by atoms with van der Waals surface area (Å²) in [6, 6.07) is 3.95. The molecule has 0 amide bonds. The van der Waals surface area contributed by atoms with Crippen molar-refractivity contribution in [1.29, 1.82) is 0 Å². The van der Waals surface area contributed by atoms with Crippen LogP contribution in [0.5, 0.6) is 0 Å². The lowest BCUT2D eigenvalue weighted by Gasteiger charge is -2.01. The number of thiazole rings is 1. The first-order chi connectivity index (χ1) is 7.38. The molecule has 0 bridgehead atoms. The van der Waals surface area contributed by atoms with Gasteiger partial charge in [-0.2, -0.15) is 0 Å². The lowest BCUT2D eigenvalue weighted by molar-refractivity contribution is 1.00. The highest BCUT2D eigenvalue weighted by molar-refractivity contribution is 7.13. The largest absolute Gasteiger partial charge is 0.357 e. The van der Waals surface area contributed by atoms with E-state index in [1.165, 1.54) is 0 Å². The first-order valence-corrected chi connectivity index (χ1v) is 5.53. The maximum atomic E-state index is 5.48. The summed E-state index contributed by atoms with van der Waals surface area (Å²) in [7, 11) is 0. The Hall–Kier alpha value is -1.46. The van der Waals surface area contributed by atoms with Crippen LogP contribution in [0, 0.1) is 0 Å². The zero-order chi connectivity index (χ0) is 10.5. The summed E-state index contributed by atoms with van der Waals surface area (Å²) in [6.45, 7) is 1.23. The zero-order valence-corrected chi connectivity index (χ0v) is 9.00. The van der Waals surface area contributed by atoms with E-state index in [1.807, 2.05) is 23.7 Å². The summed E-state index contributed by atoms with van der Waals surface area (Å²) < 4.78 is 0. The molecule has 0 aliphatic rings. The number of aromatic nitrogens is 2. The number of rotatable bonds is 4. The Bertz CT molecular complexity index is 412. The molecule has 0 radical (unpaired) electrons. The summed E-state index contributed by atoms with van der Waals surface area (Å²) in [5, 5.41) is 6.09. The number of anilines is 1. The first kappa shape index (κ1) is 10.1. The zero-order valence-electron chi connectivity index (χ0n) is 8.18. The summed E-state index contributed by atoms with van der Waals surface area (Å²) in [4.78, 5) is 8.35. The molecule has 15 heavy (non-hydrogen) atoms. The van der Waals surface area contributed by atoms with E-state index in [0.717, 1.165) is 22.9 Å². The van der Waals surface area contributed by atoms with Crippen molar-refractivity contribution in [2.45, 2.75) is 13.1 Å². The normalized spacial score (nSPS) is 10.2. The SMILES string of the molecule is NCc1csc(NCc2cccnc2)n1. The fourth-order valence-corrected chi connectivity index (χ4v) is 1.88. The molecule has 3 N–H and O–H groups in total. The first-order valence-electron chi connectivity index (χ1n) is 4.66. The minimum atomic E-state index is 0.491. The number of pyridine rings is 1. The van der Waals surface area contributed by atoms with Crippen LogP contribution in [0.4, 0.5) is 5.13 Å². The van der Waals surface area contributed by atoms with Gasteiger partial charge in [-0.1, -0.05) is 6.07 Å². The van der Waals surface area contributed by atoms with E-state index < -0.39 is 0 Å². The van der Waals surface area contributed by atoms with Crippen molar-refractivity contribution in [1.82, 2.24) is 9.97 Å². The predicted molar refractivity (Wildman–Crippen MR) is 61.6 cm³/mol. The number of nitrogens with two attached hydrogens (primary N) is 1. The minimum absolute atomic E-state index is 0.491. The molecule has 0 aliphatic carbocycles. The summed E-state index contributed by atoms with van der Waals surface area (Å²) in [5.74, 6) is 0. The Kier molecular flexibility index (Phi) is 3.26. The third kappa shape index (κ3) is 2.74. The molecule has 0 unspecified atom stereocenters. The van der Waals surface area contributed by atoms with Gasteiger partial charge < -0.3 is 11.1 Å². The average molecular weight is 220 g/mol. The molecule has 2 heterocycles. The van der Waals surface area contributed by atoms with Crippen molar-refractivity contribution in [2.24, 2.45) is 5.73 Å². The van der Waals surface area contributed by atoms with Crippen molar-refractivity contribution >= 4 is 16.5 Å². The van der Waals surface area contributed by atoms with E-state index in [4.69, 9.17) is 5.73 Å². The van der Waals surface area contributed by atoms with Gasteiger partial charge in [-0.25, -0.2) is 4.98 Å². The van der Waals surface area contributed by atoms with Crippen LogP contribution in [-0.2, 0) is 13.1 Å². The van der Waals surface area contributed by atoms with Crippen LogP contribution < -0.4 is 11.1 Å². The Labute approximate surface area is 92.2 Å². The third-order valence-electron chi connectivity index (χ3n) is 1.93. The Balaban J connectivity index is 1.93. The van der Waals surface area contributed by atoms with Gasteiger partial charge >= 0.3 is 0 Å². The molecule has 0 spiro atoms. The third-order valence-corrected chi connectivity index (χ3v) is 2.78. The van der Waals surface area contributed by atoms with Crippen LogP contribution in [0.3, 0.4) is 0 Å². The topological polar surface area (TPSA) is 63.8 Å². The van der Waals surface area contributed by atoms with Crippen LogP contribution in [-0.4, -0.2) is 9.97 Å². The molecule has 0 atom stereocenters. The van der Waals surface area contributed by atoms with Crippen LogP contribution >= 0.6 is 11.3 Å². The molecule has 0 fully saturated rings. The van der Waals surface area contributed by atoms with E-state index in [9.17, 15) is 0 Å². The molecule has 78 valence electrons. The molecule has 0 aromatic carbocycles. The fourth-order valence-electron chi connectivity index (χ4n) is 1.16. The lowest BCUT2D eigenvalue weighted by Crippen LogP contribution is -2.00. The molecule has 0 saturated carbocycles. The number of nitrogens with one attached hydrogen (secondary N) is 1. The van der Waals surface area contributed by atoms with Gasteiger partial charge in [0, 0.05) is 30.9 Å². The maximum Gasteiger partial charge on any atom is 0.183 e. The summed E-state index contributed by atoms with van der Waals surface area (Å²) in [6.07, 6.45) is 3.60. The molecule has 2 aromatic rings. The standard InChI is InChI=1S/C10H12N4S/c11-4-9-7-15-10(14-9)13-6-8-2-1-3-12-5-8/h1-3,5,7H,4,6,11H2,(H,13,14). The highest BCUT2D eigenvalue weighted by Crippen LogP contribution is 2.15. The van der Waals surface area contributed by atoms with Crippen LogP contribution in [0.15, 0.2) is 29.9 Å². The highest BCUT2D eigenvalue weighted by atomic mass is 32.1. The van der Waals surface area contributed by atoms with Gasteiger partial charge in [-0.05, 0) is 11.6 Å². The van der Waals surface area contributed by atoms with E-state index in [0.29, 0.717) is 6.54 Å². The highest BCUT2D eigenvalue weighted by Gasteiger charge is 1.99. The lowest BCUT2D eigenvalue weighted by atomic mass is 10.3. The second-order valence-corrected chi connectivity index (χ2v) is 3.92. The second-order valence-electron chi connectivity index (χ2n) is 3.06. The predicted octanol–water partition coefficient (Wildman–Crippen LogP) is 1.61. The van der Waals surface area contributed by atoms with Gasteiger partial charge in [-0.3, -0.25) is 4.98 Å². The van der Waals surface area contributed by atoms with Crippen LogP contribution in [0.25, 0.3) is 0 Å². The molecule has 4 nitrogen and oxygen atoms in total. The van der Waals surface area contributed by atoms with Crippen molar-refractivity contribution in [3.05, 3.63) is 41.2 Å². The van der Waals surface area contributed by atoms with Crippen LogP contribution in [0.2, 0.25) is 0 Å². The summed E-state index contributed by atoms with van der Waals surface area (Å²) in [5.41, 5.74) is 7.54. The van der Waals surface area contributed by atoms with Gasteiger partial charge in [0.15, 0.2) is 5.13 Å². The monoisotopic (exact) mass is 220 g/mol. The molecule has 5 heteroatoms.